The summed E-state index contributed by atoms with van der Waals surface area (Å²) in [4.78, 5) is 12.3. The van der Waals surface area contributed by atoms with Gasteiger partial charge in [0.1, 0.15) is 13.2 Å². The lowest BCUT2D eigenvalue weighted by atomic mass is 10.1. The first kappa shape index (κ1) is 16.8. The Kier molecular flexibility index (Phi) is 4.74. The number of nitrogens with one attached hydrogen (secondary N) is 1. The minimum Gasteiger partial charge on any atom is -0.486 e. The Bertz CT molecular complexity index is 957. The van der Waals surface area contributed by atoms with Crippen molar-refractivity contribution in [1.82, 2.24) is 10.2 Å². The number of anilines is 1. The van der Waals surface area contributed by atoms with E-state index in [0.29, 0.717) is 36.8 Å². The van der Waals surface area contributed by atoms with Crippen molar-refractivity contribution in [3.8, 4) is 11.5 Å². The molecule has 3 aromatic rings. The zero-order chi connectivity index (χ0) is 17.9. The van der Waals surface area contributed by atoms with E-state index in [1.807, 2.05) is 30.3 Å². The highest BCUT2D eigenvalue weighted by Crippen LogP contribution is 2.31. The highest BCUT2D eigenvalue weighted by Gasteiger charge is 2.16. The first-order valence-electron chi connectivity index (χ1n) is 7.96. The number of carbonyl (C=O) groups is 1. The lowest BCUT2D eigenvalue weighted by Gasteiger charge is -2.18. The van der Waals surface area contributed by atoms with E-state index >= 15 is 0 Å². The quantitative estimate of drug-likeness (QED) is 0.598. The summed E-state index contributed by atoms with van der Waals surface area (Å²) in [6.07, 6.45) is 0.433. The summed E-state index contributed by atoms with van der Waals surface area (Å²) in [7, 11) is 0. The van der Waals surface area contributed by atoms with Gasteiger partial charge in [0.2, 0.25) is 5.89 Å². The maximum atomic E-state index is 12.3. The molecular weight excluding hydrogens is 449 g/mol. The predicted octanol–water partition coefficient (Wildman–Crippen LogP) is 3.29. The maximum absolute atomic E-state index is 12.3. The number of ether oxygens (including phenoxy) is 2. The number of fused-ring (bicyclic) bond motifs is 1. The van der Waals surface area contributed by atoms with Gasteiger partial charge in [-0.25, -0.2) is 0 Å². The van der Waals surface area contributed by atoms with Gasteiger partial charge in [-0.1, -0.05) is 23.3 Å². The van der Waals surface area contributed by atoms with Crippen LogP contribution in [0.3, 0.4) is 0 Å². The van der Waals surface area contributed by atoms with Crippen LogP contribution in [0.2, 0.25) is 0 Å². The summed E-state index contributed by atoms with van der Waals surface area (Å²) in [5, 5.41) is 10.5. The molecule has 8 heteroatoms. The van der Waals surface area contributed by atoms with Crippen molar-refractivity contribution in [2.24, 2.45) is 0 Å². The van der Waals surface area contributed by atoms with Gasteiger partial charge in [0.05, 0.1) is 12.0 Å². The molecule has 1 N–H and O–H groups in total. The maximum Gasteiger partial charge on any atom is 0.322 e. The monoisotopic (exact) mass is 463 g/mol. The standard InChI is InChI=1S/C18H14IN3O4/c19-13-4-2-1-3-12(13)17(23)20-18-22-21-16(26-18)10-11-5-6-14-15(9-11)25-8-7-24-14/h1-6,9H,7-8,10H2,(H,20,22,23). The molecule has 132 valence electrons. The molecule has 2 heterocycles. The zero-order valence-electron chi connectivity index (χ0n) is 13.6. The van der Waals surface area contributed by atoms with Gasteiger partial charge in [-0.05, 0) is 52.4 Å². The van der Waals surface area contributed by atoms with Crippen molar-refractivity contribution in [2.45, 2.75) is 6.42 Å². The Hall–Kier alpha value is -2.62. The van der Waals surface area contributed by atoms with E-state index in [1.54, 1.807) is 12.1 Å². The third kappa shape index (κ3) is 3.64. The third-order valence-electron chi connectivity index (χ3n) is 3.77. The van der Waals surface area contributed by atoms with Crippen molar-refractivity contribution >= 4 is 34.5 Å². The largest absolute Gasteiger partial charge is 0.486 e. The van der Waals surface area contributed by atoms with Crippen LogP contribution in [-0.4, -0.2) is 29.3 Å². The first-order chi connectivity index (χ1) is 12.7. The number of hydrogen-bond donors (Lipinski definition) is 1. The predicted molar refractivity (Wildman–Crippen MR) is 102 cm³/mol. The number of aromatic nitrogens is 2. The van der Waals surface area contributed by atoms with Crippen LogP contribution in [-0.2, 0) is 6.42 Å². The summed E-state index contributed by atoms with van der Waals surface area (Å²) in [6.45, 7) is 1.09. The summed E-state index contributed by atoms with van der Waals surface area (Å²) >= 11 is 2.11. The molecule has 0 bridgehead atoms. The Morgan fingerprint density at radius 3 is 2.73 bits per heavy atom. The van der Waals surface area contributed by atoms with Gasteiger partial charge in [-0.15, -0.1) is 5.10 Å². The van der Waals surface area contributed by atoms with E-state index in [4.69, 9.17) is 13.9 Å². The van der Waals surface area contributed by atoms with Gasteiger partial charge in [-0.2, -0.15) is 0 Å². The molecule has 26 heavy (non-hydrogen) atoms. The van der Waals surface area contributed by atoms with Crippen molar-refractivity contribution < 1.29 is 18.7 Å². The first-order valence-corrected chi connectivity index (χ1v) is 9.04. The van der Waals surface area contributed by atoms with Gasteiger partial charge in [0.15, 0.2) is 11.5 Å². The molecule has 0 atom stereocenters. The molecule has 4 rings (SSSR count). The Morgan fingerprint density at radius 1 is 1.08 bits per heavy atom. The molecule has 1 aliphatic rings. The van der Waals surface area contributed by atoms with Crippen LogP contribution in [0.1, 0.15) is 21.8 Å². The second-order valence-electron chi connectivity index (χ2n) is 5.59. The van der Waals surface area contributed by atoms with Gasteiger partial charge in [0.25, 0.3) is 5.91 Å². The van der Waals surface area contributed by atoms with Crippen molar-refractivity contribution in [3.63, 3.8) is 0 Å². The summed E-state index contributed by atoms with van der Waals surface area (Å²) in [6, 6.07) is 13.0. The van der Waals surface area contributed by atoms with E-state index < -0.39 is 0 Å². The van der Waals surface area contributed by atoms with E-state index in [9.17, 15) is 4.79 Å². The van der Waals surface area contributed by atoms with Crippen LogP contribution in [0.5, 0.6) is 11.5 Å². The highest BCUT2D eigenvalue weighted by atomic mass is 127. The molecule has 1 amide bonds. The van der Waals surface area contributed by atoms with Crippen molar-refractivity contribution in [3.05, 3.63) is 63.1 Å². The molecule has 0 spiro atoms. The fourth-order valence-electron chi connectivity index (χ4n) is 2.56. The van der Waals surface area contributed by atoms with Crippen LogP contribution >= 0.6 is 22.6 Å². The summed E-state index contributed by atoms with van der Waals surface area (Å²) in [5.74, 6) is 1.56. The molecule has 0 saturated carbocycles. The Morgan fingerprint density at radius 2 is 1.88 bits per heavy atom. The lowest BCUT2D eigenvalue weighted by Crippen LogP contribution is -2.15. The van der Waals surface area contributed by atoms with Crippen LogP contribution in [0.4, 0.5) is 6.01 Å². The smallest absolute Gasteiger partial charge is 0.322 e. The SMILES string of the molecule is O=C(Nc1nnc(Cc2ccc3c(c2)OCCO3)o1)c1ccccc1I. The summed E-state index contributed by atoms with van der Waals surface area (Å²) in [5.41, 5.74) is 1.51. The number of benzene rings is 2. The molecule has 0 fully saturated rings. The minimum atomic E-state index is -0.287. The molecule has 0 radical (unpaired) electrons. The zero-order valence-corrected chi connectivity index (χ0v) is 15.7. The van der Waals surface area contributed by atoms with E-state index in [2.05, 4.69) is 38.1 Å². The molecular formula is C18H14IN3O4. The van der Waals surface area contributed by atoms with E-state index in [1.165, 1.54) is 0 Å². The fourth-order valence-corrected chi connectivity index (χ4v) is 3.19. The van der Waals surface area contributed by atoms with Crippen molar-refractivity contribution in [2.75, 3.05) is 18.5 Å². The molecule has 1 aromatic heterocycles. The number of rotatable bonds is 4. The van der Waals surface area contributed by atoms with Crippen LogP contribution in [0.15, 0.2) is 46.9 Å². The molecule has 0 unspecified atom stereocenters. The number of carbonyl (C=O) groups excluding carboxylic acids is 1. The number of nitrogens with zero attached hydrogens (tertiary/aromatic N) is 2. The number of halogens is 1. The molecule has 0 saturated heterocycles. The highest BCUT2D eigenvalue weighted by molar-refractivity contribution is 14.1. The van der Waals surface area contributed by atoms with E-state index in [-0.39, 0.29) is 11.9 Å². The van der Waals surface area contributed by atoms with Crippen LogP contribution in [0, 0.1) is 3.57 Å². The number of hydrogen-bond acceptors (Lipinski definition) is 6. The average molecular weight is 463 g/mol. The minimum absolute atomic E-state index is 0.0715. The third-order valence-corrected chi connectivity index (χ3v) is 4.71. The normalized spacial score (nSPS) is 12.7. The van der Waals surface area contributed by atoms with Crippen LogP contribution < -0.4 is 14.8 Å². The fraction of sp³-hybridized carbons (Fsp3) is 0.167. The summed E-state index contributed by atoms with van der Waals surface area (Å²) < 4.78 is 17.5. The topological polar surface area (TPSA) is 86.5 Å². The second kappa shape index (κ2) is 7.32. The molecule has 7 nitrogen and oxygen atoms in total. The molecule has 2 aromatic carbocycles. The second-order valence-corrected chi connectivity index (χ2v) is 6.75. The molecule has 1 aliphatic heterocycles. The van der Waals surface area contributed by atoms with Gasteiger partial charge in [-0.3, -0.25) is 10.1 Å². The van der Waals surface area contributed by atoms with Gasteiger partial charge < -0.3 is 13.9 Å². The van der Waals surface area contributed by atoms with Crippen LogP contribution in [0.25, 0.3) is 0 Å². The number of amides is 1. The average Bonchev–Trinajstić information content (AvgIpc) is 3.08. The lowest BCUT2D eigenvalue weighted by molar-refractivity contribution is 0.102. The Labute approximate surface area is 162 Å². The van der Waals surface area contributed by atoms with Gasteiger partial charge in [0, 0.05) is 3.57 Å². The van der Waals surface area contributed by atoms with Crippen molar-refractivity contribution in [1.29, 1.82) is 0 Å². The van der Waals surface area contributed by atoms with Gasteiger partial charge >= 0.3 is 6.01 Å². The Balaban J connectivity index is 1.45. The molecule has 0 aliphatic carbocycles. The van der Waals surface area contributed by atoms with E-state index in [0.717, 1.165) is 14.9 Å².